The smallest absolute Gasteiger partial charge is 0.240 e. The quantitative estimate of drug-likeness (QED) is 0.256. The summed E-state index contributed by atoms with van der Waals surface area (Å²) in [4.78, 5) is 24.8. The van der Waals surface area contributed by atoms with Crippen molar-refractivity contribution in [3.8, 4) is 16.9 Å². The van der Waals surface area contributed by atoms with Crippen LogP contribution in [0.5, 0.6) is 0 Å². The van der Waals surface area contributed by atoms with Crippen LogP contribution < -0.4 is 10.6 Å². The number of amides is 2. The Morgan fingerprint density at radius 2 is 1.76 bits per heavy atom. The van der Waals surface area contributed by atoms with Crippen molar-refractivity contribution in [2.45, 2.75) is 11.7 Å². The molecule has 2 N–H and O–H groups in total. The van der Waals surface area contributed by atoms with Crippen LogP contribution in [-0.4, -0.2) is 38.2 Å². The average Bonchev–Trinajstić information content (AvgIpc) is 3.50. The maximum atomic E-state index is 12.4. The molecule has 1 aliphatic rings. The first-order valence-electron chi connectivity index (χ1n) is 11.4. The van der Waals surface area contributed by atoms with Gasteiger partial charge in [-0.25, -0.2) is 4.68 Å². The Morgan fingerprint density at radius 1 is 1.05 bits per heavy atom. The molecule has 1 saturated heterocycles. The van der Waals surface area contributed by atoms with Crippen LogP contribution in [-0.2, 0) is 9.59 Å². The Bertz CT molecular complexity index is 1470. The summed E-state index contributed by atoms with van der Waals surface area (Å²) in [7, 11) is 0. The highest BCUT2D eigenvalue weighted by Gasteiger charge is 2.32. The van der Waals surface area contributed by atoms with Crippen LogP contribution >= 0.6 is 23.4 Å². The van der Waals surface area contributed by atoms with E-state index < -0.39 is 5.25 Å². The van der Waals surface area contributed by atoms with E-state index >= 15 is 0 Å². The lowest BCUT2D eigenvalue weighted by molar-refractivity contribution is -0.122. The van der Waals surface area contributed by atoms with Gasteiger partial charge in [-0.1, -0.05) is 71.9 Å². The fourth-order valence-electron chi connectivity index (χ4n) is 3.66. The van der Waals surface area contributed by atoms with Crippen molar-refractivity contribution in [1.82, 2.24) is 15.1 Å². The molecule has 5 rings (SSSR count). The number of thioether (sulfide) groups is 1. The number of halogens is 1. The van der Waals surface area contributed by atoms with E-state index in [4.69, 9.17) is 16.7 Å². The molecular formula is C27H21ClN6O2S. The molecule has 3 aromatic carbocycles. The normalized spacial score (nSPS) is 16.3. The highest BCUT2D eigenvalue weighted by Crippen LogP contribution is 2.25. The zero-order chi connectivity index (χ0) is 25.6. The summed E-state index contributed by atoms with van der Waals surface area (Å²) < 4.78 is 1.79. The van der Waals surface area contributed by atoms with E-state index in [0.717, 1.165) is 22.5 Å². The molecule has 10 heteroatoms. The lowest BCUT2D eigenvalue weighted by Crippen LogP contribution is -2.28. The maximum Gasteiger partial charge on any atom is 0.240 e. The van der Waals surface area contributed by atoms with Crippen LogP contribution in [0, 0.1) is 0 Å². The van der Waals surface area contributed by atoms with Crippen LogP contribution in [0.2, 0.25) is 5.02 Å². The van der Waals surface area contributed by atoms with Gasteiger partial charge in [-0.2, -0.15) is 10.2 Å². The second-order valence-electron chi connectivity index (χ2n) is 8.08. The highest BCUT2D eigenvalue weighted by atomic mass is 35.5. The third kappa shape index (κ3) is 6.14. The first-order chi connectivity index (χ1) is 18.0. The lowest BCUT2D eigenvalue weighted by atomic mass is 10.1. The van der Waals surface area contributed by atoms with Crippen LogP contribution in [0.3, 0.4) is 0 Å². The molecule has 184 valence electrons. The molecule has 0 radical (unpaired) electrons. The standard InChI is InChI=1S/C27H21ClN6O2S/c28-20-11-13-21(14-12-20)30-24(35)15-23-26(36)31-27(37-23)32-29-16-19-17-34(22-9-5-2-6-10-22)33-25(19)18-7-3-1-4-8-18/h1-14,16-17,23H,15H2,(H,30,35)(H,31,32,36)/b29-16+. The van der Waals surface area contributed by atoms with E-state index in [1.165, 1.54) is 11.8 Å². The molecule has 1 fully saturated rings. The lowest BCUT2D eigenvalue weighted by Gasteiger charge is -2.07. The predicted octanol–water partition coefficient (Wildman–Crippen LogP) is 5.14. The number of para-hydroxylation sites is 1. The number of benzene rings is 3. The Morgan fingerprint density at radius 3 is 2.49 bits per heavy atom. The number of hydrogen-bond acceptors (Lipinski definition) is 6. The molecule has 0 bridgehead atoms. The Kier molecular flexibility index (Phi) is 7.43. The van der Waals surface area contributed by atoms with Gasteiger partial charge < -0.3 is 10.6 Å². The number of rotatable bonds is 7. The number of anilines is 1. The van der Waals surface area contributed by atoms with Crippen molar-refractivity contribution in [2.75, 3.05) is 5.32 Å². The minimum Gasteiger partial charge on any atom is -0.326 e. The molecule has 37 heavy (non-hydrogen) atoms. The summed E-state index contributed by atoms with van der Waals surface area (Å²) in [5, 5.41) is 18.9. The first kappa shape index (κ1) is 24.5. The topological polar surface area (TPSA) is 101 Å². The molecule has 1 aromatic heterocycles. The number of aromatic nitrogens is 2. The van der Waals surface area contributed by atoms with E-state index in [2.05, 4.69) is 20.8 Å². The highest BCUT2D eigenvalue weighted by molar-refractivity contribution is 8.15. The van der Waals surface area contributed by atoms with Gasteiger partial charge in [0.1, 0.15) is 10.9 Å². The first-order valence-corrected chi connectivity index (χ1v) is 12.7. The largest absolute Gasteiger partial charge is 0.326 e. The van der Waals surface area contributed by atoms with Gasteiger partial charge in [-0.3, -0.25) is 9.59 Å². The maximum absolute atomic E-state index is 12.4. The summed E-state index contributed by atoms with van der Waals surface area (Å²) in [5.74, 6) is -0.562. The van der Waals surface area contributed by atoms with Crippen molar-refractivity contribution < 1.29 is 9.59 Å². The molecular weight excluding hydrogens is 508 g/mol. The predicted molar refractivity (Wildman–Crippen MR) is 148 cm³/mol. The van der Waals surface area contributed by atoms with Gasteiger partial charge in [0.05, 0.1) is 11.9 Å². The number of nitrogens with one attached hydrogen (secondary N) is 2. The molecule has 8 nitrogen and oxygen atoms in total. The molecule has 0 saturated carbocycles. The molecule has 1 aliphatic heterocycles. The van der Waals surface area contributed by atoms with E-state index in [9.17, 15) is 9.59 Å². The SMILES string of the molecule is O=C(CC1S/C(=N\N=C\c2cn(-c3ccccc3)nc2-c2ccccc2)NC1=O)Nc1ccc(Cl)cc1. The van der Waals surface area contributed by atoms with Gasteiger partial charge in [0.25, 0.3) is 0 Å². The Balaban J connectivity index is 1.28. The minimum atomic E-state index is -0.595. The van der Waals surface area contributed by atoms with E-state index in [-0.39, 0.29) is 18.2 Å². The molecule has 0 aliphatic carbocycles. The summed E-state index contributed by atoms with van der Waals surface area (Å²) in [6.45, 7) is 0. The third-order valence-corrected chi connectivity index (χ3v) is 6.76. The monoisotopic (exact) mass is 528 g/mol. The molecule has 1 atom stereocenters. The van der Waals surface area contributed by atoms with Gasteiger partial charge >= 0.3 is 0 Å². The van der Waals surface area contributed by atoms with Crippen molar-refractivity contribution in [3.63, 3.8) is 0 Å². The number of nitrogens with zero attached hydrogens (tertiary/aromatic N) is 4. The van der Waals surface area contributed by atoms with E-state index in [0.29, 0.717) is 15.9 Å². The molecule has 4 aromatic rings. The van der Waals surface area contributed by atoms with Crippen molar-refractivity contribution in [1.29, 1.82) is 0 Å². The number of carbonyl (C=O) groups excluding carboxylic acids is 2. The summed E-state index contributed by atoms with van der Waals surface area (Å²) in [6.07, 6.45) is 3.49. The van der Waals surface area contributed by atoms with Gasteiger partial charge in [0.2, 0.25) is 11.8 Å². The van der Waals surface area contributed by atoms with Crippen molar-refractivity contribution in [3.05, 3.63) is 102 Å². The second kappa shape index (κ2) is 11.2. The van der Waals surface area contributed by atoms with Gasteiger partial charge in [0, 0.05) is 34.5 Å². The number of carbonyl (C=O) groups is 2. The van der Waals surface area contributed by atoms with Gasteiger partial charge in [0.15, 0.2) is 5.17 Å². The molecule has 2 heterocycles. The van der Waals surface area contributed by atoms with E-state index in [1.54, 1.807) is 35.2 Å². The fourth-order valence-corrected chi connectivity index (χ4v) is 4.71. The van der Waals surface area contributed by atoms with E-state index in [1.807, 2.05) is 66.9 Å². The zero-order valence-electron chi connectivity index (χ0n) is 19.4. The third-order valence-electron chi connectivity index (χ3n) is 5.43. The molecule has 0 spiro atoms. The van der Waals surface area contributed by atoms with Crippen molar-refractivity contribution in [2.24, 2.45) is 10.2 Å². The Labute approximate surface area is 222 Å². The van der Waals surface area contributed by atoms with Gasteiger partial charge in [-0.15, -0.1) is 5.10 Å². The number of hydrogen-bond donors (Lipinski definition) is 2. The summed E-state index contributed by atoms with van der Waals surface area (Å²) in [6, 6.07) is 26.4. The molecule has 2 amide bonds. The fraction of sp³-hybridized carbons (Fsp3) is 0.0741. The van der Waals surface area contributed by atoms with Crippen LogP contribution in [0.1, 0.15) is 12.0 Å². The number of amidine groups is 1. The summed E-state index contributed by atoms with van der Waals surface area (Å²) >= 11 is 7.04. The molecule has 1 unspecified atom stereocenters. The zero-order valence-corrected chi connectivity index (χ0v) is 21.0. The summed E-state index contributed by atoms with van der Waals surface area (Å²) in [5.41, 5.74) is 4.01. The van der Waals surface area contributed by atoms with Crippen LogP contribution in [0.4, 0.5) is 5.69 Å². The van der Waals surface area contributed by atoms with Crippen LogP contribution in [0.15, 0.2) is 101 Å². The van der Waals surface area contributed by atoms with Crippen molar-refractivity contribution >= 4 is 52.2 Å². The second-order valence-corrected chi connectivity index (χ2v) is 9.71. The van der Waals surface area contributed by atoms with Crippen LogP contribution in [0.25, 0.3) is 16.9 Å². The Hall–Kier alpha value is -4.21. The minimum absolute atomic E-state index is 0.00383. The van der Waals surface area contributed by atoms with Gasteiger partial charge in [-0.05, 0) is 36.4 Å². The average molecular weight is 529 g/mol.